The Morgan fingerprint density at radius 1 is 0.688 bits per heavy atom. The topological polar surface area (TPSA) is 84.0 Å². The molecule has 2 aromatic heterocycles. The Morgan fingerprint density at radius 3 is 1.41 bits per heavy atom. The van der Waals surface area contributed by atoms with E-state index in [9.17, 15) is 9.59 Å². The van der Waals surface area contributed by atoms with Crippen LogP contribution in [0.3, 0.4) is 0 Å². The predicted octanol–water partition coefficient (Wildman–Crippen LogP) is 5.95. The van der Waals surface area contributed by atoms with Gasteiger partial charge in [-0.05, 0) is 12.5 Å². The van der Waals surface area contributed by atoms with Crippen LogP contribution in [0.5, 0.6) is 0 Å². The lowest BCUT2D eigenvalue weighted by molar-refractivity contribution is -0.132. The predicted molar refractivity (Wildman–Crippen MR) is 136 cm³/mol. The maximum atomic E-state index is 12.5. The smallest absolute Gasteiger partial charge is 0.294 e. The summed E-state index contributed by atoms with van der Waals surface area (Å²) in [7, 11) is 0. The van der Waals surface area contributed by atoms with Crippen molar-refractivity contribution in [3.63, 3.8) is 0 Å². The molecule has 0 unspecified atom stereocenters. The molecular weight excluding hydrogens is 481 g/mol. The fourth-order valence-electron chi connectivity index (χ4n) is 2.86. The zero-order chi connectivity index (χ0) is 22.5. The van der Waals surface area contributed by atoms with Crippen molar-refractivity contribution in [3.8, 4) is 22.5 Å². The molecule has 0 aliphatic rings. The van der Waals surface area contributed by atoms with Crippen molar-refractivity contribution < 1.29 is 9.59 Å². The van der Waals surface area contributed by atoms with E-state index in [1.807, 2.05) is 73.2 Å². The van der Waals surface area contributed by atoms with Crippen LogP contribution >= 0.6 is 46.2 Å². The summed E-state index contributed by atoms with van der Waals surface area (Å²) in [6.45, 7) is 0. The van der Waals surface area contributed by atoms with E-state index in [4.69, 9.17) is 0 Å². The quantitative estimate of drug-likeness (QED) is 0.252. The number of amides is 2. The fourth-order valence-corrected chi connectivity index (χ4v) is 6.15. The number of nitrogens with zero attached hydrogens (tertiary/aromatic N) is 2. The minimum Gasteiger partial charge on any atom is -0.294 e. The largest absolute Gasteiger partial charge is 0.315 e. The fraction of sp³-hybridized carbons (Fsp3) is 0.0909. The molecule has 0 aliphatic heterocycles. The minimum absolute atomic E-state index is 0.377. The number of nitrogens with one attached hydrogen (secondary N) is 2. The Morgan fingerprint density at radius 2 is 1.06 bits per heavy atom. The molecule has 2 heterocycles. The van der Waals surface area contributed by atoms with E-state index < -0.39 is 11.8 Å². The first-order chi connectivity index (χ1) is 15.6. The molecule has 0 bridgehead atoms. The standard InChI is InChI=1S/C22H18N4O2S4/c1-29-19-15(13-9-5-3-6-10-13)23-21(31-19)25-17(27)18(28)26-22-24-16(20(30-2)32-22)14-11-7-4-8-12-14/h3-12H,1-2H3,(H,23,25,27)(H,24,26,28). The number of thioether (sulfide) groups is 2. The zero-order valence-corrected chi connectivity index (χ0v) is 20.4. The van der Waals surface area contributed by atoms with Gasteiger partial charge in [-0.15, -0.1) is 23.5 Å². The molecule has 0 saturated carbocycles. The summed E-state index contributed by atoms with van der Waals surface area (Å²) in [4.78, 5) is 34.0. The Labute approximate surface area is 201 Å². The van der Waals surface area contributed by atoms with E-state index in [1.54, 1.807) is 23.5 Å². The summed E-state index contributed by atoms with van der Waals surface area (Å²) < 4.78 is 1.92. The van der Waals surface area contributed by atoms with Crippen molar-refractivity contribution >= 4 is 68.3 Å². The number of anilines is 2. The molecule has 162 valence electrons. The van der Waals surface area contributed by atoms with Gasteiger partial charge in [0.1, 0.15) is 0 Å². The second kappa shape index (κ2) is 10.3. The number of rotatable bonds is 6. The highest BCUT2D eigenvalue weighted by Gasteiger charge is 2.21. The molecule has 6 nitrogen and oxygen atoms in total. The second-order valence-electron chi connectivity index (χ2n) is 6.36. The normalized spacial score (nSPS) is 10.7. The molecule has 2 N–H and O–H groups in total. The Hall–Kier alpha value is -2.66. The number of benzene rings is 2. The van der Waals surface area contributed by atoms with E-state index in [0.717, 1.165) is 30.9 Å². The van der Waals surface area contributed by atoms with Crippen molar-refractivity contribution in [2.75, 3.05) is 23.1 Å². The third-order valence-corrected chi connectivity index (χ3v) is 8.46. The molecule has 0 saturated heterocycles. The Balaban J connectivity index is 1.48. The molecule has 0 atom stereocenters. The van der Waals surface area contributed by atoms with Gasteiger partial charge in [-0.25, -0.2) is 9.97 Å². The molecule has 0 radical (unpaired) electrons. The highest BCUT2D eigenvalue weighted by atomic mass is 32.2. The number of hydrogen-bond donors (Lipinski definition) is 2. The molecule has 10 heteroatoms. The summed E-state index contributed by atoms with van der Waals surface area (Å²) in [6.07, 6.45) is 3.91. The third-order valence-electron chi connectivity index (χ3n) is 4.30. The van der Waals surface area contributed by atoms with Gasteiger partial charge >= 0.3 is 11.8 Å². The van der Waals surface area contributed by atoms with Crippen LogP contribution in [0.2, 0.25) is 0 Å². The van der Waals surface area contributed by atoms with Gasteiger partial charge in [0, 0.05) is 11.1 Å². The lowest BCUT2D eigenvalue weighted by Gasteiger charge is -2.01. The maximum Gasteiger partial charge on any atom is 0.315 e. The van der Waals surface area contributed by atoms with Crippen LogP contribution in [-0.4, -0.2) is 34.3 Å². The summed E-state index contributed by atoms with van der Waals surface area (Å²) in [5, 5.41) is 5.97. The van der Waals surface area contributed by atoms with Crippen molar-refractivity contribution in [1.29, 1.82) is 0 Å². The molecule has 4 aromatic rings. The van der Waals surface area contributed by atoms with Crippen LogP contribution in [0, 0.1) is 0 Å². The van der Waals surface area contributed by atoms with Gasteiger partial charge in [-0.2, -0.15) is 0 Å². The number of carbonyl (C=O) groups is 2. The number of hydrogen-bond acceptors (Lipinski definition) is 8. The van der Waals surface area contributed by atoms with Crippen molar-refractivity contribution in [2.24, 2.45) is 0 Å². The van der Waals surface area contributed by atoms with E-state index >= 15 is 0 Å². The lowest BCUT2D eigenvalue weighted by atomic mass is 10.2. The van der Waals surface area contributed by atoms with Gasteiger partial charge in [0.15, 0.2) is 10.3 Å². The van der Waals surface area contributed by atoms with Gasteiger partial charge in [0.05, 0.1) is 19.8 Å². The van der Waals surface area contributed by atoms with Gasteiger partial charge in [0.2, 0.25) is 0 Å². The first-order valence-electron chi connectivity index (χ1n) is 9.42. The van der Waals surface area contributed by atoms with Gasteiger partial charge in [-0.3, -0.25) is 20.2 Å². The monoisotopic (exact) mass is 498 g/mol. The number of carbonyl (C=O) groups excluding carboxylic acids is 2. The Kier molecular flexibility index (Phi) is 7.26. The summed E-state index contributed by atoms with van der Waals surface area (Å²) in [5.74, 6) is -1.57. The molecule has 0 spiro atoms. The van der Waals surface area contributed by atoms with Crippen molar-refractivity contribution in [2.45, 2.75) is 8.42 Å². The minimum atomic E-state index is -0.784. The summed E-state index contributed by atoms with van der Waals surface area (Å²) >= 11 is 5.77. The van der Waals surface area contributed by atoms with E-state index in [0.29, 0.717) is 10.3 Å². The van der Waals surface area contributed by atoms with E-state index in [2.05, 4.69) is 20.6 Å². The summed E-state index contributed by atoms with van der Waals surface area (Å²) in [5.41, 5.74) is 3.49. The van der Waals surface area contributed by atoms with Crippen LogP contribution in [0.15, 0.2) is 69.1 Å². The van der Waals surface area contributed by atoms with Gasteiger partial charge in [-0.1, -0.05) is 83.3 Å². The molecule has 2 aromatic carbocycles. The highest BCUT2D eigenvalue weighted by molar-refractivity contribution is 8.00. The molecule has 0 aliphatic carbocycles. The highest BCUT2D eigenvalue weighted by Crippen LogP contribution is 2.38. The molecule has 0 fully saturated rings. The van der Waals surface area contributed by atoms with Crippen LogP contribution in [0.4, 0.5) is 10.3 Å². The SMILES string of the molecule is CSc1sc(NC(=O)C(=O)Nc2nc(-c3ccccc3)c(SC)s2)nc1-c1ccccc1. The maximum absolute atomic E-state index is 12.5. The second-order valence-corrected chi connectivity index (χ2v) is 10.5. The first kappa shape index (κ1) is 22.5. The average Bonchev–Trinajstić information content (AvgIpc) is 3.43. The zero-order valence-electron chi connectivity index (χ0n) is 17.1. The molecule has 4 rings (SSSR count). The van der Waals surface area contributed by atoms with Gasteiger partial charge < -0.3 is 0 Å². The van der Waals surface area contributed by atoms with Gasteiger partial charge in [0.25, 0.3) is 0 Å². The Bertz CT molecular complexity index is 1140. The van der Waals surface area contributed by atoms with E-state index in [1.165, 1.54) is 22.7 Å². The lowest BCUT2D eigenvalue weighted by Crippen LogP contribution is -2.28. The average molecular weight is 499 g/mol. The molecule has 2 amide bonds. The third kappa shape index (κ3) is 5.04. The number of aromatic nitrogens is 2. The van der Waals surface area contributed by atoms with Crippen LogP contribution in [-0.2, 0) is 9.59 Å². The first-order valence-corrected chi connectivity index (χ1v) is 13.5. The number of thiazole rings is 2. The molecule has 32 heavy (non-hydrogen) atoms. The van der Waals surface area contributed by atoms with E-state index in [-0.39, 0.29) is 0 Å². The van der Waals surface area contributed by atoms with Crippen LogP contribution in [0.25, 0.3) is 22.5 Å². The van der Waals surface area contributed by atoms with Crippen molar-refractivity contribution in [3.05, 3.63) is 60.7 Å². The van der Waals surface area contributed by atoms with Crippen LogP contribution in [0.1, 0.15) is 0 Å². The van der Waals surface area contributed by atoms with Crippen LogP contribution < -0.4 is 10.6 Å². The van der Waals surface area contributed by atoms with Crippen molar-refractivity contribution in [1.82, 2.24) is 9.97 Å². The molecular formula is C22H18N4O2S4. The summed E-state index contributed by atoms with van der Waals surface area (Å²) in [6, 6.07) is 19.5.